The minimum absolute atomic E-state index is 0.184. The van der Waals surface area contributed by atoms with Gasteiger partial charge in [0.2, 0.25) is 0 Å². The third-order valence-electron chi connectivity index (χ3n) is 4.79. The van der Waals surface area contributed by atoms with E-state index in [-0.39, 0.29) is 11.8 Å². The van der Waals surface area contributed by atoms with Crippen LogP contribution in [0.3, 0.4) is 0 Å². The molecule has 0 bridgehead atoms. The van der Waals surface area contributed by atoms with Crippen LogP contribution in [0.1, 0.15) is 65.0 Å². The van der Waals surface area contributed by atoms with E-state index in [1.54, 1.807) is 17.7 Å². The van der Waals surface area contributed by atoms with Gasteiger partial charge < -0.3 is 9.47 Å². The van der Waals surface area contributed by atoms with E-state index >= 15 is 0 Å². The minimum Gasteiger partial charge on any atom is -0.337 e. The summed E-state index contributed by atoms with van der Waals surface area (Å²) in [6, 6.07) is 2.12. The van der Waals surface area contributed by atoms with Crippen LogP contribution in [0, 0.1) is 0 Å². The fraction of sp³-hybridized carbons (Fsp3) is 0.611. The number of piperidine rings is 1. The van der Waals surface area contributed by atoms with Gasteiger partial charge >= 0.3 is 0 Å². The van der Waals surface area contributed by atoms with Crippen molar-refractivity contribution in [1.29, 1.82) is 0 Å². The molecule has 3 rings (SSSR count). The first-order chi connectivity index (χ1) is 11.6. The summed E-state index contributed by atoms with van der Waals surface area (Å²) >= 11 is 1.69. The van der Waals surface area contributed by atoms with Crippen molar-refractivity contribution < 1.29 is 4.79 Å². The summed E-state index contributed by atoms with van der Waals surface area (Å²) in [7, 11) is 1.97. The summed E-state index contributed by atoms with van der Waals surface area (Å²) in [5, 5.41) is 8.22. The maximum Gasteiger partial charge on any atom is 0.263 e. The van der Waals surface area contributed by atoms with Gasteiger partial charge in [0.25, 0.3) is 5.91 Å². The molecular weight excluding hydrogens is 320 g/mol. The number of rotatable bonds is 5. The third kappa shape index (κ3) is 3.38. The van der Waals surface area contributed by atoms with Crippen LogP contribution in [0.2, 0.25) is 0 Å². The zero-order chi connectivity index (χ0) is 17.1. The van der Waals surface area contributed by atoms with Gasteiger partial charge in [0.05, 0.1) is 4.88 Å². The molecule has 1 aliphatic heterocycles. The summed E-state index contributed by atoms with van der Waals surface area (Å²) in [6.07, 6.45) is 7.03. The Bertz CT molecular complexity index is 706. The Morgan fingerprint density at radius 2 is 2.25 bits per heavy atom. The molecule has 6 heteroatoms. The van der Waals surface area contributed by atoms with Crippen LogP contribution in [0.15, 0.2) is 12.4 Å². The number of carbonyl (C=O) groups is 1. The molecule has 1 fully saturated rings. The van der Waals surface area contributed by atoms with E-state index in [0.717, 1.165) is 55.9 Å². The molecule has 0 saturated carbocycles. The lowest BCUT2D eigenvalue weighted by Gasteiger charge is -2.31. The maximum absolute atomic E-state index is 13.0. The number of aromatic nitrogens is 3. The van der Waals surface area contributed by atoms with E-state index in [1.165, 1.54) is 10.4 Å². The fourth-order valence-electron chi connectivity index (χ4n) is 3.50. The Morgan fingerprint density at radius 3 is 2.92 bits per heavy atom. The van der Waals surface area contributed by atoms with E-state index < -0.39 is 0 Å². The van der Waals surface area contributed by atoms with Gasteiger partial charge in [-0.3, -0.25) is 4.79 Å². The van der Waals surface area contributed by atoms with Crippen LogP contribution in [-0.2, 0) is 19.9 Å². The molecule has 0 aromatic carbocycles. The quantitative estimate of drug-likeness (QED) is 0.833. The van der Waals surface area contributed by atoms with E-state index in [9.17, 15) is 4.79 Å². The molecule has 1 atom stereocenters. The van der Waals surface area contributed by atoms with Gasteiger partial charge in [0.1, 0.15) is 12.2 Å². The molecule has 2 aromatic rings. The van der Waals surface area contributed by atoms with E-state index in [2.05, 4.69) is 30.1 Å². The summed E-state index contributed by atoms with van der Waals surface area (Å²) in [5.41, 5.74) is 1.34. The highest BCUT2D eigenvalue weighted by Crippen LogP contribution is 2.29. The molecule has 130 valence electrons. The molecule has 0 spiro atoms. The zero-order valence-electron chi connectivity index (χ0n) is 14.8. The predicted molar refractivity (Wildman–Crippen MR) is 96.6 cm³/mol. The molecule has 0 N–H and O–H groups in total. The first-order valence-corrected chi connectivity index (χ1v) is 9.70. The molecule has 0 unspecified atom stereocenters. The van der Waals surface area contributed by atoms with Crippen LogP contribution in [0.5, 0.6) is 0 Å². The Hall–Kier alpha value is -1.69. The smallest absolute Gasteiger partial charge is 0.263 e. The lowest BCUT2D eigenvalue weighted by molar-refractivity contribution is 0.0708. The zero-order valence-corrected chi connectivity index (χ0v) is 15.6. The number of hydrogen-bond acceptors (Lipinski definition) is 4. The monoisotopic (exact) mass is 346 g/mol. The molecule has 1 saturated heterocycles. The standard InChI is InChI=1S/C18H26N4OS/c1-4-7-15-13(5-2)10-16(24-15)18(23)22-9-6-8-14(11-22)17-20-19-12-21(17)3/h10,12,14H,4-9,11H2,1-3H3/t14-/m1/s1. The van der Waals surface area contributed by atoms with Crippen molar-refractivity contribution in [3.05, 3.63) is 33.5 Å². The number of amides is 1. The molecule has 3 heterocycles. The minimum atomic E-state index is 0.184. The number of nitrogens with zero attached hydrogens (tertiary/aromatic N) is 4. The van der Waals surface area contributed by atoms with Crippen molar-refractivity contribution in [2.75, 3.05) is 13.1 Å². The average Bonchev–Trinajstić information content (AvgIpc) is 3.21. The summed E-state index contributed by atoms with van der Waals surface area (Å²) < 4.78 is 1.97. The largest absolute Gasteiger partial charge is 0.337 e. The first kappa shape index (κ1) is 17.1. The number of thiophene rings is 1. The van der Waals surface area contributed by atoms with Crippen LogP contribution in [-0.4, -0.2) is 38.7 Å². The highest BCUT2D eigenvalue weighted by Gasteiger charge is 2.29. The Labute approximate surface area is 147 Å². The lowest BCUT2D eigenvalue weighted by Crippen LogP contribution is -2.39. The third-order valence-corrected chi connectivity index (χ3v) is 6.01. The van der Waals surface area contributed by atoms with Gasteiger partial charge in [-0.25, -0.2) is 0 Å². The average molecular weight is 347 g/mol. The molecular formula is C18H26N4OS. The summed E-state index contributed by atoms with van der Waals surface area (Å²) in [4.78, 5) is 17.3. The van der Waals surface area contributed by atoms with Crippen LogP contribution in [0.4, 0.5) is 0 Å². The van der Waals surface area contributed by atoms with Gasteiger partial charge in [-0.05, 0) is 37.3 Å². The molecule has 0 aliphatic carbocycles. The van der Waals surface area contributed by atoms with Crippen molar-refractivity contribution in [1.82, 2.24) is 19.7 Å². The van der Waals surface area contributed by atoms with Crippen molar-refractivity contribution in [2.24, 2.45) is 7.05 Å². The Morgan fingerprint density at radius 1 is 1.42 bits per heavy atom. The molecule has 1 amide bonds. The van der Waals surface area contributed by atoms with Crippen LogP contribution >= 0.6 is 11.3 Å². The molecule has 0 radical (unpaired) electrons. The second-order valence-corrected chi connectivity index (χ2v) is 7.69. The first-order valence-electron chi connectivity index (χ1n) is 8.88. The van der Waals surface area contributed by atoms with Crippen molar-refractivity contribution in [3.63, 3.8) is 0 Å². The number of hydrogen-bond donors (Lipinski definition) is 0. The van der Waals surface area contributed by atoms with Gasteiger partial charge in [-0.2, -0.15) is 0 Å². The van der Waals surface area contributed by atoms with Crippen molar-refractivity contribution >= 4 is 17.2 Å². The molecule has 24 heavy (non-hydrogen) atoms. The molecule has 5 nitrogen and oxygen atoms in total. The topological polar surface area (TPSA) is 51.0 Å². The van der Waals surface area contributed by atoms with Crippen LogP contribution in [0.25, 0.3) is 0 Å². The summed E-state index contributed by atoms with van der Waals surface area (Å²) in [6.45, 7) is 5.95. The van der Waals surface area contributed by atoms with Gasteiger partial charge in [-0.1, -0.05) is 20.3 Å². The van der Waals surface area contributed by atoms with Gasteiger partial charge in [-0.15, -0.1) is 21.5 Å². The fourth-order valence-corrected chi connectivity index (χ4v) is 4.82. The number of carbonyl (C=O) groups excluding carboxylic acids is 1. The lowest BCUT2D eigenvalue weighted by atomic mass is 9.97. The number of likely N-dealkylation sites (tertiary alicyclic amines) is 1. The highest BCUT2D eigenvalue weighted by atomic mass is 32.1. The predicted octanol–water partition coefficient (Wildman–Crippen LogP) is 3.41. The highest BCUT2D eigenvalue weighted by molar-refractivity contribution is 7.14. The SMILES string of the molecule is CCCc1sc(C(=O)N2CCC[C@@H](c3nncn3C)C2)cc1CC. The normalized spacial score (nSPS) is 18.1. The van der Waals surface area contributed by atoms with Crippen molar-refractivity contribution in [3.8, 4) is 0 Å². The number of aryl methyl sites for hydroxylation is 3. The van der Waals surface area contributed by atoms with E-state index in [1.807, 2.05) is 16.5 Å². The van der Waals surface area contributed by atoms with E-state index in [0.29, 0.717) is 0 Å². The van der Waals surface area contributed by atoms with E-state index in [4.69, 9.17) is 0 Å². The molecule has 1 aliphatic rings. The van der Waals surface area contributed by atoms with Gasteiger partial charge in [0, 0.05) is 30.9 Å². The molecule has 2 aromatic heterocycles. The summed E-state index contributed by atoms with van der Waals surface area (Å²) in [5.74, 6) is 1.46. The Balaban J connectivity index is 1.76. The second-order valence-electron chi connectivity index (χ2n) is 6.55. The second kappa shape index (κ2) is 7.47. The Kier molecular flexibility index (Phi) is 5.33. The van der Waals surface area contributed by atoms with Gasteiger partial charge in [0.15, 0.2) is 0 Å². The van der Waals surface area contributed by atoms with Crippen LogP contribution < -0.4 is 0 Å². The maximum atomic E-state index is 13.0. The van der Waals surface area contributed by atoms with Crippen molar-refractivity contribution in [2.45, 2.75) is 51.9 Å².